The van der Waals surface area contributed by atoms with E-state index in [0.717, 1.165) is 111 Å². The SMILES string of the molecule is COCCOc1ccc(C(=O)N2CCC3(CC2)Oc2ccccc2-n2c(C(F)(F)F)ccc23)cc1OC.COc1c(C)cccc1C(=O)N1CCC2(CC1)Oc1ccccc1-n1cccc12.Cc1cc(C)cc(C(=O)N2CCC3(CC2)Oc2cc(Cl)ccc2-n2cccc23)c1.Cc1nc2cccc(C(=O)N3CCC4(CC3)Oc3ccccc3-c3c4cnn3C)c2o1. The Morgan fingerprint density at radius 2 is 1.01 bits per heavy atom. The normalized spacial score (nSPS) is 16.6. The van der Waals surface area contributed by atoms with Gasteiger partial charge in [0, 0.05) is 171 Å². The van der Waals surface area contributed by atoms with Crippen molar-refractivity contribution in [3.05, 3.63) is 297 Å². The number of likely N-dealkylation sites (tertiary alicyclic amines) is 4. The molecule has 8 aliphatic rings. The molecule has 4 fully saturated rings. The monoisotopic (exact) mass is 1720 g/mol. The second-order valence-electron chi connectivity index (χ2n) is 33.2. The van der Waals surface area contributed by atoms with Gasteiger partial charge in [-0.05, 0) is 160 Å². The van der Waals surface area contributed by atoms with Crippen LogP contribution in [0.5, 0.6) is 40.2 Å². The van der Waals surface area contributed by atoms with Crippen molar-refractivity contribution in [3.63, 3.8) is 0 Å². The lowest BCUT2D eigenvalue weighted by Gasteiger charge is -2.45. The third-order valence-electron chi connectivity index (χ3n) is 25.5. The van der Waals surface area contributed by atoms with Crippen molar-refractivity contribution >= 4 is 46.3 Å². The molecule has 0 radical (unpaired) electrons. The molecule has 8 aliphatic heterocycles. The lowest BCUT2D eigenvalue weighted by atomic mass is 9.81. The molecule has 0 bridgehead atoms. The highest BCUT2D eigenvalue weighted by molar-refractivity contribution is 6.30. The highest BCUT2D eigenvalue weighted by Crippen LogP contribution is 2.53. The zero-order chi connectivity index (χ0) is 87.6. The van der Waals surface area contributed by atoms with Gasteiger partial charge in [-0.15, -0.1) is 0 Å². The van der Waals surface area contributed by atoms with Gasteiger partial charge in [0.2, 0.25) is 0 Å². The number of aromatic nitrogens is 6. The van der Waals surface area contributed by atoms with Gasteiger partial charge < -0.3 is 75.6 Å². The van der Waals surface area contributed by atoms with Crippen LogP contribution in [-0.2, 0) is 40.4 Å². The minimum atomic E-state index is -4.51. The number of fused-ring (bicyclic) bond motifs is 17. The Bertz CT molecular complexity index is 6310. The summed E-state index contributed by atoms with van der Waals surface area (Å²) in [7, 11) is 6.66. The van der Waals surface area contributed by atoms with Crippen LogP contribution in [0.4, 0.5) is 13.2 Å². The van der Waals surface area contributed by atoms with E-state index < -0.39 is 34.3 Å². The molecule has 0 saturated carbocycles. The van der Waals surface area contributed by atoms with Crippen molar-refractivity contribution in [1.82, 2.24) is 48.1 Å². The Labute approximate surface area is 732 Å². The topological polar surface area (TPSA) is 214 Å². The molecule has 27 heteroatoms. The maximum absolute atomic E-state index is 13.9. The van der Waals surface area contributed by atoms with Gasteiger partial charge >= 0.3 is 6.18 Å². The number of rotatable bonds is 10. The number of carbonyl (C=O) groups is 4. The first-order valence-electron chi connectivity index (χ1n) is 42.5. The molecule has 126 heavy (non-hydrogen) atoms. The number of hydrogen-bond donors (Lipinski definition) is 0. The van der Waals surface area contributed by atoms with Gasteiger partial charge in [0.1, 0.15) is 52.2 Å². The van der Waals surface area contributed by atoms with E-state index in [1.54, 1.807) is 68.5 Å². The number of amides is 4. The van der Waals surface area contributed by atoms with Gasteiger partial charge in [0.15, 0.2) is 39.8 Å². The summed E-state index contributed by atoms with van der Waals surface area (Å²) in [6.45, 7) is 13.0. The lowest BCUT2D eigenvalue weighted by molar-refractivity contribution is -0.143. The van der Waals surface area contributed by atoms with Crippen LogP contribution in [0.15, 0.2) is 223 Å². The van der Waals surface area contributed by atoms with Crippen molar-refractivity contribution in [2.75, 3.05) is 86.9 Å². The Hall–Kier alpha value is -13.2. The molecule has 0 aliphatic carbocycles. The second-order valence-corrected chi connectivity index (χ2v) is 33.7. The Balaban J connectivity index is 0.000000114. The molecule has 21 rings (SSSR count). The minimum Gasteiger partial charge on any atom is -0.496 e. The largest absolute Gasteiger partial charge is 0.496 e. The number of hydrogen-bond acceptors (Lipinski definition) is 15. The maximum Gasteiger partial charge on any atom is 0.431 e. The molecule has 4 saturated heterocycles. The number of ether oxygens (including phenoxy) is 8. The summed E-state index contributed by atoms with van der Waals surface area (Å²) in [5.41, 5.74) is 12.3. The molecule has 8 aromatic carbocycles. The predicted molar refractivity (Wildman–Crippen MR) is 468 cm³/mol. The minimum absolute atomic E-state index is 0.0204. The summed E-state index contributed by atoms with van der Waals surface area (Å²) >= 11 is 6.22. The van der Waals surface area contributed by atoms with Crippen molar-refractivity contribution in [3.8, 4) is 68.6 Å². The Morgan fingerprint density at radius 1 is 0.476 bits per heavy atom. The van der Waals surface area contributed by atoms with Crippen molar-refractivity contribution in [2.24, 2.45) is 7.05 Å². The van der Waals surface area contributed by atoms with Gasteiger partial charge in [-0.2, -0.15) is 18.3 Å². The summed E-state index contributed by atoms with van der Waals surface area (Å²) in [6, 6.07) is 61.9. The highest BCUT2D eigenvalue weighted by Gasteiger charge is 2.52. The molecule has 4 spiro atoms. The quantitative estimate of drug-likeness (QED) is 0.116. The van der Waals surface area contributed by atoms with Crippen LogP contribution in [0.3, 0.4) is 0 Å². The number of aryl methyl sites for hydroxylation is 5. The lowest BCUT2D eigenvalue weighted by Crippen LogP contribution is -2.50. The average Bonchev–Trinajstić information content (AvgIpc) is 1.55. The third-order valence-corrected chi connectivity index (χ3v) is 25.8. The van der Waals surface area contributed by atoms with E-state index in [-0.39, 0.29) is 23.6 Å². The average molecular weight is 1730 g/mol. The molecule has 23 nitrogen and oxygen atoms in total. The highest BCUT2D eigenvalue weighted by atomic mass is 35.5. The van der Waals surface area contributed by atoms with Gasteiger partial charge in [-0.25, -0.2) is 4.98 Å². The summed E-state index contributed by atoms with van der Waals surface area (Å²) in [6.07, 6.45) is 6.68. The first-order valence-corrected chi connectivity index (χ1v) is 42.9. The maximum atomic E-state index is 13.9. The number of piperidine rings is 4. The number of oxazole rings is 1. The Morgan fingerprint density at radius 3 is 1.63 bits per heavy atom. The van der Waals surface area contributed by atoms with E-state index in [9.17, 15) is 32.3 Å². The van der Waals surface area contributed by atoms with Gasteiger partial charge in [-0.1, -0.05) is 83.4 Å². The number of nitrogens with zero attached hydrogens (tertiary/aromatic N) is 10. The number of halogens is 4. The summed E-state index contributed by atoms with van der Waals surface area (Å²) in [4.78, 5) is 64.7. The Kier molecular flexibility index (Phi) is 22.4. The number of methoxy groups -OCH3 is 3. The van der Waals surface area contributed by atoms with Gasteiger partial charge in [0.05, 0.1) is 78.0 Å². The van der Waals surface area contributed by atoms with E-state index in [4.69, 9.17) is 53.9 Å². The van der Waals surface area contributed by atoms with Crippen LogP contribution in [0, 0.1) is 27.7 Å². The van der Waals surface area contributed by atoms with Crippen LogP contribution in [0.25, 0.3) is 39.4 Å². The van der Waals surface area contributed by atoms with Gasteiger partial charge in [-0.3, -0.25) is 23.9 Å². The summed E-state index contributed by atoms with van der Waals surface area (Å²) < 4.78 is 102. The van der Waals surface area contributed by atoms with Crippen molar-refractivity contribution < 1.29 is 74.7 Å². The first-order chi connectivity index (χ1) is 60.9. The number of para-hydroxylation sites is 7. The number of alkyl halides is 3. The van der Waals surface area contributed by atoms with Gasteiger partial charge in [0.25, 0.3) is 23.6 Å². The molecular weight excluding hydrogens is 1630 g/mol. The fourth-order valence-corrected chi connectivity index (χ4v) is 19.5. The molecular formula is C99H96ClF3N10O13. The van der Waals surface area contributed by atoms with E-state index in [2.05, 4.69) is 74.1 Å². The smallest absolute Gasteiger partial charge is 0.431 e. The number of benzene rings is 8. The van der Waals surface area contributed by atoms with E-state index >= 15 is 0 Å². The summed E-state index contributed by atoms with van der Waals surface area (Å²) in [5.74, 6) is 5.02. The van der Waals surface area contributed by atoms with Crippen LogP contribution >= 0.6 is 11.6 Å². The van der Waals surface area contributed by atoms with E-state index in [1.165, 1.54) is 17.7 Å². The second kappa shape index (κ2) is 33.7. The molecule has 0 unspecified atom stereocenters. The van der Waals surface area contributed by atoms with Crippen LogP contribution in [0.2, 0.25) is 5.02 Å². The summed E-state index contributed by atoms with van der Waals surface area (Å²) in [5, 5.41) is 5.19. The molecule has 648 valence electrons. The molecule has 0 atom stereocenters. The van der Waals surface area contributed by atoms with Crippen LogP contribution < -0.4 is 33.2 Å². The molecule has 13 aromatic rings. The van der Waals surface area contributed by atoms with Crippen molar-refractivity contribution in [1.29, 1.82) is 0 Å². The zero-order valence-corrected chi connectivity index (χ0v) is 72.1. The van der Waals surface area contributed by atoms with E-state index in [0.29, 0.717) is 164 Å². The third kappa shape index (κ3) is 15.4. The van der Waals surface area contributed by atoms with Crippen molar-refractivity contribution in [2.45, 2.75) is 108 Å². The van der Waals surface area contributed by atoms with Crippen LogP contribution in [0.1, 0.15) is 144 Å². The molecule has 5 aromatic heterocycles. The molecule has 4 amide bonds. The molecule has 0 N–H and O–H groups in total. The first kappa shape index (κ1) is 83.7. The van der Waals surface area contributed by atoms with Crippen LogP contribution in [-0.4, -0.2) is 159 Å². The number of carbonyl (C=O) groups excluding carboxylic acids is 4. The fraction of sp³-hybridized carbons (Fsp3) is 0.313. The zero-order valence-electron chi connectivity index (χ0n) is 71.3. The van der Waals surface area contributed by atoms with E-state index in [1.807, 2.05) is 157 Å². The fourth-order valence-electron chi connectivity index (χ4n) is 19.3. The predicted octanol–water partition coefficient (Wildman–Crippen LogP) is 18.7. The standard InChI is InChI=1S/C27H27F3N2O5.C24H23ClN2O2.C24H22N4O3.C24H24N2O3/c1-34-15-16-36-21-8-7-18(17-22(21)35-2)25(33)31-13-11-26(12-14-31)23-9-10-24(27(28,29)30)32(23)19-5-3-4-6-20(19)37-26;1-16-12-17(2)14-18(13-16)23(28)26-10-7-24(8-11-26)22-4-3-9-27(22)20-6-5-19(25)15-21(20)29-24;1-15-26-19-8-5-7-17(22(19)30-15)23(29)28-12-10-24(11-13-28)18-14-25-27(2)21(18)16-6-3-4-9-20(16)31-24;1-17-7-5-8-18(22(17)28-2)23(27)25-15-12-24(13-16-25)21-11-6-14-26(21)19-9-3-4-10-20(19)29-24/h3-10,17H,11-16H2,1-2H3;3-6,9,12-15H,7-8,10-11H2,1-2H3;3-9,14H,10-13H2,1-2H3;3-11,14H,12-13,15-16H2,1-2H3. The molecule has 13 heterocycles.